The highest BCUT2D eigenvalue weighted by Gasteiger charge is 2.57. The lowest BCUT2D eigenvalue weighted by molar-refractivity contribution is -0.0820. The Balaban J connectivity index is 1.43. The van der Waals surface area contributed by atoms with Crippen molar-refractivity contribution in [1.29, 1.82) is 0 Å². The average Bonchev–Trinajstić information content (AvgIpc) is 3.02. The van der Waals surface area contributed by atoms with E-state index in [2.05, 4.69) is 34.3 Å². The van der Waals surface area contributed by atoms with Crippen LogP contribution < -0.4 is 0 Å². The maximum atomic E-state index is 10.1. The Morgan fingerprint density at radius 2 is 1.71 bits per heavy atom. The molecule has 0 radical (unpaired) electrons. The number of fused-ring (bicyclic) bond motifs is 5. The number of rotatable bonds is 5. The molecule has 0 aromatic heterocycles. The van der Waals surface area contributed by atoms with E-state index >= 15 is 0 Å². The second kappa shape index (κ2) is 8.09. The van der Waals surface area contributed by atoms with Crippen molar-refractivity contribution >= 4 is 0 Å². The van der Waals surface area contributed by atoms with Gasteiger partial charge in [0.1, 0.15) is 0 Å². The van der Waals surface area contributed by atoms with Gasteiger partial charge in [-0.2, -0.15) is 0 Å². The summed E-state index contributed by atoms with van der Waals surface area (Å²) in [4.78, 5) is 0. The van der Waals surface area contributed by atoms with Crippen LogP contribution in [0.4, 0.5) is 0 Å². The van der Waals surface area contributed by atoms with Gasteiger partial charge in [-0.1, -0.05) is 39.8 Å². The van der Waals surface area contributed by atoms with E-state index in [0.29, 0.717) is 11.3 Å². The van der Waals surface area contributed by atoms with Crippen molar-refractivity contribution in [1.82, 2.24) is 0 Å². The van der Waals surface area contributed by atoms with E-state index in [1.807, 2.05) is 0 Å². The van der Waals surface area contributed by atoms with Gasteiger partial charge in [0.05, 0.1) is 6.10 Å². The zero-order valence-electron chi connectivity index (χ0n) is 19.1. The molecular formula is C27H46O. The normalized spacial score (nSPS) is 46.6. The van der Waals surface area contributed by atoms with E-state index in [9.17, 15) is 5.11 Å². The number of aliphatic hydroxyl groups excluding tert-OH is 1. The number of hydrogen-bond donors (Lipinski definition) is 1. The van der Waals surface area contributed by atoms with E-state index < -0.39 is 0 Å². The topological polar surface area (TPSA) is 20.2 Å². The minimum absolute atomic E-state index is 0.00366. The zero-order chi connectivity index (χ0) is 20.1. The van der Waals surface area contributed by atoms with Gasteiger partial charge in [0, 0.05) is 0 Å². The maximum absolute atomic E-state index is 10.1. The van der Waals surface area contributed by atoms with Crippen LogP contribution in [0, 0.1) is 52.8 Å². The van der Waals surface area contributed by atoms with Gasteiger partial charge in [0.2, 0.25) is 0 Å². The summed E-state index contributed by atoms with van der Waals surface area (Å²) < 4.78 is 0. The molecule has 1 nitrogen and oxygen atoms in total. The van der Waals surface area contributed by atoms with Crippen LogP contribution in [0.3, 0.4) is 0 Å². The Bertz CT molecular complexity index is 565. The Hall–Kier alpha value is -0.300. The van der Waals surface area contributed by atoms with Crippen LogP contribution >= 0.6 is 0 Å². The van der Waals surface area contributed by atoms with Gasteiger partial charge in [-0.25, -0.2) is 0 Å². The van der Waals surface area contributed by atoms with Crippen molar-refractivity contribution in [2.24, 2.45) is 52.8 Å². The fourth-order valence-corrected chi connectivity index (χ4v) is 8.71. The van der Waals surface area contributed by atoms with Gasteiger partial charge in [-0.15, -0.1) is 0 Å². The van der Waals surface area contributed by atoms with Gasteiger partial charge >= 0.3 is 0 Å². The lowest BCUT2D eigenvalue weighted by Crippen LogP contribution is -2.49. The molecule has 9 unspecified atom stereocenters. The molecule has 4 rings (SSSR count). The highest BCUT2D eigenvalue weighted by atomic mass is 16.3. The number of aliphatic hydroxyl groups is 1. The Labute approximate surface area is 174 Å². The summed E-state index contributed by atoms with van der Waals surface area (Å²) in [5, 5.41) is 10.1. The molecule has 4 aliphatic carbocycles. The summed E-state index contributed by atoms with van der Waals surface area (Å²) in [6, 6.07) is 0. The smallest absolute Gasteiger partial charge is 0.0543 e. The Morgan fingerprint density at radius 1 is 0.964 bits per heavy atom. The minimum Gasteiger partial charge on any atom is -0.393 e. The molecule has 9 atom stereocenters. The van der Waals surface area contributed by atoms with Crippen LogP contribution in [0.1, 0.15) is 98.3 Å². The standard InChI is InChI=1S/C27H46O/c1-17(2)18(3)6-7-19(4)25-12-13-26-24-10-8-20-16-21(28)9-11-22(20)23(24)14-15-27(25,26)5/h17,19-26,28H,3,6-16H2,1-2,4-5H3. The summed E-state index contributed by atoms with van der Waals surface area (Å²) in [5.74, 6) is 7.17. The first-order valence-electron chi connectivity index (χ1n) is 12.7. The molecule has 1 heteroatoms. The summed E-state index contributed by atoms with van der Waals surface area (Å²) in [7, 11) is 0. The molecule has 4 saturated carbocycles. The fourth-order valence-electron chi connectivity index (χ4n) is 8.71. The molecule has 160 valence electrons. The van der Waals surface area contributed by atoms with Crippen molar-refractivity contribution in [2.75, 3.05) is 0 Å². The fraction of sp³-hybridized carbons (Fsp3) is 0.926. The van der Waals surface area contributed by atoms with Crippen LogP contribution in [0.15, 0.2) is 12.2 Å². The van der Waals surface area contributed by atoms with Gasteiger partial charge in [0.25, 0.3) is 0 Å². The summed E-state index contributed by atoms with van der Waals surface area (Å²) >= 11 is 0. The predicted molar refractivity (Wildman–Crippen MR) is 119 cm³/mol. The average molecular weight is 387 g/mol. The van der Waals surface area contributed by atoms with Gasteiger partial charge in [-0.05, 0) is 123 Å². The largest absolute Gasteiger partial charge is 0.393 e. The monoisotopic (exact) mass is 386 g/mol. The van der Waals surface area contributed by atoms with Crippen molar-refractivity contribution in [2.45, 2.75) is 104 Å². The summed E-state index contributed by atoms with van der Waals surface area (Å²) in [6.07, 6.45) is 14.9. The minimum atomic E-state index is 0.00366. The van der Waals surface area contributed by atoms with Crippen molar-refractivity contribution in [3.63, 3.8) is 0 Å². The van der Waals surface area contributed by atoms with E-state index in [1.54, 1.807) is 0 Å². The maximum Gasteiger partial charge on any atom is 0.0543 e. The molecule has 28 heavy (non-hydrogen) atoms. The molecule has 4 aliphatic rings. The quantitative estimate of drug-likeness (QED) is 0.493. The summed E-state index contributed by atoms with van der Waals surface area (Å²) in [6.45, 7) is 14.2. The molecule has 0 saturated heterocycles. The third kappa shape index (κ3) is 3.63. The first-order chi connectivity index (χ1) is 13.3. The highest BCUT2D eigenvalue weighted by Crippen LogP contribution is 2.65. The molecule has 0 aromatic rings. The van der Waals surface area contributed by atoms with E-state index in [-0.39, 0.29) is 6.10 Å². The first-order valence-corrected chi connectivity index (χ1v) is 12.7. The lowest BCUT2D eigenvalue weighted by Gasteiger charge is -2.56. The predicted octanol–water partition coefficient (Wildman–Crippen LogP) is 7.24. The number of allylic oxidation sites excluding steroid dienone is 1. The van der Waals surface area contributed by atoms with Crippen LogP contribution in [-0.2, 0) is 0 Å². The van der Waals surface area contributed by atoms with Crippen molar-refractivity contribution in [3.8, 4) is 0 Å². The SMILES string of the molecule is C=C(CCC(C)C1CCC2C3CCC4CC(O)CCC4C3CCC12C)C(C)C. The van der Waals surface area contributed by atoms with Crippen LogP contribution in [0.2, 0.25) is 0 Å². The second-order valence-corrected chi connectivity index (χ2v) is 12.0. The van der Waals surface area contributed by atoms with E-state index in [1.165, 1.54) is 63.4 Å². The van der Waals surface area contributed by atoms with Gasteiger partial charge < -0.3 is 5.11 Å². The van der Waals surface area contributed by atoms with Gasteiger partial charge in [-0.3, -0.25) is 0 Å². The highest BCUT2D eigenvalue weighted by molar-refractivity contribution is 5.07. The molecular weight excluding hydrogens is 340 g/mol. The third-order valence-electron chi connectivity index (χ3n) is 10.4. The summed E-state index contributed by atoms with van der Waals surface area (Å²) in [5.41, 5.74) is 2.05. The molecule has 0 bridgehead atoms. The van der Waals surface area contributed by atoms with Crippen LogP contribution in [0.5, 0.6) is 0 Å². The first kappa shape index (κ1) is 21.0. The van der Waals surface area contributed by atoms with Gasteiger partial charge in [0.15, 0.2) is 0 Å². The van der Waals surface area contributed by atoms with Crippen LogP contribution in [-0.4, -0.2) is 11.2 Å². The molecule has 0 aromatic carbocycles. The van der Waals surface area contributed by atoms with E-state index in [0.717, 1.165) is 54.3 Å². The van der Waals surface area contributed by atoms with Crippen LogP contribution in [0.25, 0.3) is 0 Å². The zero-order valence-corrected chi connectivity index (χ0v) is 19.1. The molecule has 4 fully saturated rings. The van der Waals surface area contributed by atoms with Crippen molar-refractivity contribution in [3.05, 3.63) is 12.2 Å². The van der Waals surface area contributed by atoms with E-state index in [4.69, 9.17) is 0 Å². The van der Waals surface area contributed by atoms with Crippen molar-refractivity contribution < 1.29 is 5.11 Å². The molecule has 0 spiro atoms. The third-order valence-corrected chi connectivity index (χ3v) is 10.4. The molecule has 0 heterocycles. The molecule has 1 N–H and O–H groups in total. The molecule has 0 aliphatic heterocycles. The number of hydrogen-bond acceptors (Lipinski definition) is 1. The Kier molecular flexibility index (Phi) is 6.05. The lowest BCUT2D eigenvalue weighted by atomic mass is 9.49. The Morgan fingerprint density at radius 3 is 2.46 bits per heavy atom. The molecule has 0 amide bonds. The second-order valence-electron chi connectivity index (χ2n) is 12.0.